The molecular formula is C12H16FNO. The summed E-state index contributed by atoms with van der Waals surface area (Å²) in [6.45, 7) is 1.96. The van der Waals surface area contributed by atoms with Gasteiger partial charge in [-0.1, -0.05) is 12.1 Å². The second kappa shape index (κ2) is 4.29. The van der Waals surface area contributed by atoms with E-state index in [1.807, 2.05) is 13.1 Å². The Balaban J connectivity index is 2.22. The summed E-state index contributed by atoms with van der Waals surface area (Å²) in [5.74, 6) is 0.297. The molecule has 15 heavy (non-hydrogen) atoms. The van der Waals surface area contributed by atoms with Crippen molar-refractivity contribution in [3.63, 3.8) is 0 Å². The van der Waals surface area contributed by atoms with Crippen LogP contribution in [0, 0.1) is 11.7 Å². The topological polar surface area (TPSA) is 23.5 Å². The molecule has 1 saturated heterocycles. The van der Waals surface area contributed by atoms with Gasteiger partial charge in [-0.2, -0.15) is 0 Å². The van der Waals surface area contributed by atoms with Gasteiger partial charge in [0.25, 0.3) is 0 Å². The summed E-state index contributed by atoms with van der Waals surface area (Å²) < 4.78 is 13.1. The molecule has 0 aromatic heterocycles. The van der Waals surface area contributed by atoms with Gasteiger partial charge in [0.1, 0.15) is 5.82 Å². The normalized spacial score (nSPS) is 27.1. The van der Waals surface area contributed by atoms with Crippen molar-refractivity contribution in [2.45, 2.75) is 5.92 Å². The molecule has 2 nitrogen and oxygen atoms in total. The molecule has 1 N–H and O–H groups in total. The zero-order valence-electron chi connectivity index (χ0n) is 8.86. The van der Waals surface area contributed by atoms with Crippen LogP contribution in [-0.4, -0.2) is 36.8 Å². The third-order valence-corrected chi connectivity index (χ3v) is 3.13. The Hall–Kier alpha value is -0.930. The van der Waals surface area contributed by atoms with E-state index >= 15 is 0 Å². The number of halogens is 1. The van der Waals surface area contributed by atoms with Crippen molar-refractivity contribution in [2.24, 2.45) is 5.92 Å². The predicted octanol–water partition coefficient (Wildman–Crippen LogP) is 1.46. The average molecular weight is 209 g/mol. The zero-order valence-corrected chi connectivity index (χ0v) is 8.86. The first-order valence-corrected chi connectivity index (χ1v) is 5.25. The molecule has 1 aliphatic heterocycles. The minimum atomic E-state index is -0.196. The number of likely N-dealkylation sites (tertiary alicyclic amines) is 1. The fraction of sp³-hybridized carbons (Fsp3) is 0.500. The van der Waals surface area contributed by atoms with Crippen molar-refractivity contribution in [1.82, 2.24) is 4.90 Å². The van der Waals surface area contributed by atoms with Crippen molar-refractivity contribution in [2.75, 3.05) is 26.7 Å². The fourth-order valence-corrected chi connectivity index (χ4v) is 2.39. The number of likely N-dealkylation sites (N-methyl/N-ethyl adjacent to an activating group) is 1. The lowest BCUT2D eigenvalue weighted by Gasteiger charge is -2.16. The lowest BCUT2D eigenvalue weighted by Crippen LogP contribution is -2.15. The molecule has 0 aliphatic carbocycles. The Bertz CT molecular complexity index is 342. The molecule has 1 aliphatic rings. The van der Waals surface area contributed by atoms with Gasteiger partial charge in [-0.25, -0.2) is 4.39 Å². The number of rotatable bonds is 2. The van der Waals surface area contributed by atoms with E-state index in [-0.39, 0.29) is 24.3 Å². The Morgan fingerprint density at radius 3 is 2.93 bits per heavy atom. The summed E-state index contributed by atoms with van der Waals surface area (Å²) >= 11 is 0. The molecule has 2 atom stereocenters. The number of benzene rings is 1. The van der Waals surface area contributed by atoms with E-state index in [2.05, 4.69) is 4.90 Å². The standard InChI is InChI=1S/C12H16FNO/c1-14-6-10(8-15)12(7-14)9-3-2-4-11(13)5-9/h2-5,10,12,15H,6-8H2,1H3/t10-,12-/m0/s1. The van der Waals surface area contributed by atoms with Crippen LogP contribution in [0.1, 0.15) is 11.5 Å². The van der Waals surface area contributed by atoms with Crippen LogP contribution in [0.5, 0.6) is 0 Å². The lowest BCUT2D eigenvalue weighted by atomic mass is 9.89. The van der Waals surface area contributed by atoms with Crippen LogP contribution in [0.4, 0.5) is 4.39 Å². The zero-order chi connectivity index (χ0) is 10.8. The van der Waals surface area contributed by atoms with Gasteiger partial charge in [0, 0.05) is 31.5 Å². The van der Waals surface area contributed by atoms with Gasteiger partial charge >= 0.3 is 0 Å². The Labute approximate surface area is 89.3 Å². The van der Waals surface area contributed by atoms with Crippen LogP contribution >= 0.6 is 0 Å². The molecule has 3 heteroatoms. The molecule has 0 amide bonds. The van der Waals surface area contributed by atoms with Gasteiger partial charge in [-0.15, -0.1) is 0 Å². The Morgan fingerprint density at radius 1 is 1.47 bits per heavy atom. The molecule has 1 fully saturated rings. The highest BCUT2D eigenvalue weighted by Crippen LogP contribution is 2.31. The number of hydrogen-bond acceptors (Lipinski definition) is 2. The van der Waals surface area contributed by atoms with Crippen LogP contribution in [0.3, 0.4) is 0 Å². The molecule has 0 radical (unpaired) electrons. The van der Waals surface area contributed by atoms with Crippen LogP contribution in [0.2, 0.25) is 0 Å². The Morgan fingerprint density at radius 2 is 2.27 bits per heavy atom. The van der Waals surface area contributed by atoms with Crippen LogP contribution in [-0.2, 0) is 0 Å². The molecule has 0 spiro atoms. The SMILES string of the molecule is CN1C[C@@H](CO)[C@H](c2cccc(F)c2)C1. The van der Waals surface area contributed by atoms with E-state index in [0.29, 0.717) is 0 Å². The number of aliphatic hydroxyl groups excluding tert-OH is 1. The van der Waals surface area contributed by atoms with Gasteiger partial charge in [0.2, 0.25) is 0 Å². The first kappa shape index (κ1) is 10.6. The fourth-order valence-electron chi connectivity index (χ4n) is 2.39. The quantitative estimate of drug-likeness (QED) is 0.797. The van der Waals surface area contributed by atoms with E-state index in [9.17, 15) is 9.50 Å². The smallest absolute Gasteiger partial charge is 0.123 e. The minimum absolute atomic E-state index is 0.172. The number of aliphatic hydroxyl groups is 1. The molecule has 0 saturated carbocycles. The summed E-state index contributed by atoms with van der Waals surface area (Å²) in [6.07, 6.45) is 0. The number of hydrogen-bond donors (Lipinski definition) is 1. The summed E-state index contributed by atoms with van der Waals surface area (Å²) in [6, 6.07) is 6.70. The van der Waals surface area contributed by atoms with Gasteiger partial charge in [-0.3, -0.25) is 0 Å². The van der Waals surface area contributed by atoms with Gasteiger partial charge in [-0.05, 0) is 24.7 Å². The molecule has 0 unspecified atom stereocenters. The van der Waals surface area contributed by atoms with Crippen molar-refractivity contribution in [3.8, 4) is 0 Å². The third-order valence-electron chi connectivity index (χ3n) is 3.13. The summed E-state index contributed by atoms with van der Waals surface area (Å²) in [5.41, 5.74) is 0.999. The monoisotopic (exact) mass is 209 g/mol. The van der Waals surface area contributed by atoms with Gasteiger partial charge in [0.15, 0.2) is 0 Å². The van der Waals surface area contributed by atoms with E-state index in [1.165, 1.54) is 6.07 Å². The van der Waals surface area contributed by atoms with Crippen molar-refractivity contribution in [1.29, 1.82) is 0 Å². The molecule has 82 valence electrons. The van der Waals surface area contributed by atoms with E-state index < -0.39 is 0 Å². The van der Waals surface area contributed by atoms with Crippen molar-refractivity contribution in [3.05, 3.63) is 35.6 Å². The highest BCUT2D eigenvalue weighted by atomic mass is 19.1. The Kier molecular flexibility index (Phi) is 3.03. The highest BCUT2D eigenvalue weighted by Gasteiger charge is 2.31. The van der Waals surface area contributed by atoms with Gasteiger partial charge in [0.05, 0.1) is 0 Å². The maximum absolute atomic E-state index is 13.1. The molecular weight excluding hydrogens is 193 g/mol. The maximum atomic E-state index is 13.1. The molecule has 0 bridgehead atoms. The first-order chi connectivity index (χ1) is 7.20. The number of nitrogens with zero attached hydrogens (tertiary/aromatic N) is 1. The van der Waals surface area contributed by atoms with Crippen LogP contribution in [0.15, 0.2) is 24.3 Å². The molecule has 1 aromatic carbocycles. The molecule has 2 rings (SSSR count). The summed E-state index contributed by atoms with van der Waals surface area (Å²) in [5, 5.41) is 9.26. The van der Waals surface area contributed by atoms with Crippen LogP contribution < -0.4 is 0 Å². The molecule has 1 aromatic rings. The highest BCUT2D eigenvalue weighted by molar-refractivity contribution is 5.23. The second-order valence-corrected chi connectivity index (χ2v) is 4.33. The summed E-state index contributed by atoms with van der Waals surface area (Å²) in [4.78, 5) is 2.18. The predicted molar refractivity (Wildman–Crippen MR) is 57.2 cm³/mol. The largest absolute Gasteiger partial charge is 0.396 e. The maximum Gasteiger partial charge on any atom is 0.123 e. The minimum Gasteiger partial charge on any atom is -0.396 e. The second-order valence-electron chi connectivity index (χ2n) is 4.33. The lowest BCUT2D eigenvalue weighted by molar-refractivity contribution is 0.219. The molecule has 1 heterocycles. The van der Waals surface area contributed by atoms with Gasteiger partial charge < -0.3 is 10.0 Å². The van der Waals surface area contributed by atoms with E-state index in [1.54, 1.807) is 12.1 Å². The van der Waals surface area contributed by atoms with Crippen molar-refractivity contribution >= 4 is 0 Å². The van der Waals surface area contributed by atoms with E-state index in [4.69, 9.17) is 0 Å². The first-order valence-electron chi connectivity index (χ1n) is 5.25. The van der Waals surface area contributed by atoms with E-state index in [0.717, 1.165) is 18.7 Å². The average Bonchev–Trinajstić information content (AvgIpc) is 2.59. The van der Waals surface area contributed by atoms with Crippen molar-refractivity contribution < 1.29 is 9.50 Å². The third kappa shape index (κ3) is 2.19. The van der Waals surface area contributed by atoms with Crippen LogP contribution in [0.25, 0.3) is 0 Å². The summed E-state index contributed by atoms with van der Waals surface area (Å²) in [7, 11) is 2.03.